The Hall–Kier alpha value is -3.41. The molecule has 0 unspecified atom stereocenters. The van der Waals surface area contributed by atoms with Crippen LogP contribution in [0.2, 0.25) is 0 Å². The fraction of sp³-hybridized carbons (Fsp3) is 0.320. The summed E-state index contributed by atoms with van der Waals surface area (Å²) in [6.45, 7) is 6.48. The Morgan fingerprint density at radius 1 is 1.00 bits per heavy atom. The van der Waals surface area contributed by atoms with Gasteiger partial charge in [-0.05, 0) is 81.8 Å². The zero-order chi connectivity index (χ0) is 21.2. The Morgan fingerprint density at radius 3 is 2.68 bits per heavy atom. The molecular weight excluding hydrogens is 384 g/mol. The minimum Gasteiger partial charge on any atom is -0.365 e. The largest absolute Gasteiger partial charge is 0.365 e. The van der Waals surface area contributed by atoms with Crippen LogP contribution in [0.5, 0.6) is 0 Å². The lowest BCUT2D eigenvalue weighted by atomic mass is 9.86. The van der Waals surface area contributed by atoms with Crippen LogP contribution in [0.25, 0.3) is 38.7 Å². The second-order valence-electron chi connectivity index (χ2n) is 9.58. The van der Waals surface area contributed by atoms with Crippen molar-refractivity contribution < 1.29 is 0 Å². The molecule has 0 atom stereocenters. The number of pyridine rings is 2. The second-order valence-corrected chi connectivity index (χ2v) is 9.58. The Kier molecular flexibility index (Phi) is 3.88. The van der Waals surface area contributed by atoms with Crippen LogP contribution in [-0.4, -0.2) is 30.1 Å². The molecule has 0 saturated heterocycles. The third-order valence-electron chi connectivity index (χ3n) is 6.17. The topological polar surface area (TPSA) is 70.9 Å². The third kappa shape index (κ3) is 2.97. The van der Waals surface area contributed by atoms with Crippen molar-refractivity contribution in [1.29, 1.82) is 0 Å². The van der Waals surface area contributed by atoms with E-state index in [0.717, 1.165) is 46.6 Å². The van der Waals surface area contributed by atoms with Gasteiger partial charge in [-0.1, -0.05) is 0 Å². The van der Waals surface area contributed by atoms with Gasteiger partial charge in [0.15, 0.2) is 0 Å². The number of hydrogen-bond acceptors (Lipinski definition) is 4. The first-order chi connectivity index (χ1) is 15.0. The number of imidazole rings is 1. The first-order valence-corrected chi connectivity index (χ1v) is 11.0. The lowest BCUT2D eigenvalue weighted by molar-refractivity contribution is 0.629. The van der Waals surface area contributed by atoms with Crippen LogP contribution in [0.3, 0.4) is 0 Å². The van der Waals surface area contributed by atoms with Crippen LogP contribution < -0.4 is 5.32 Å². The van der Waals surface area contributed by atoms with E-state index >= 15 is 0 Å². The molecule has 2 N–H and O–H groups in total. The molecule has 0 radical (unpaired) electrons. The number of nitrogens with zero attached hydrogens (tertiary/aromatic N) is 4. The van der Waals surface area contributed by atoms with Gasteiger partial charge < -0.3 is 5.32 Å². The third-order valence-corrected chi connectivity index (χ3v) is 6.17. The molecule has 156 valence electrons. The Morgan fingerprint density at radius 2 is 1.84 bits per heavy atom. The van der Waals surface area contributed by atoms with Gasteiger partial charge in [0.2, 0.25) is 0 Å². The van der Waals surface area contributed by atoms with Gasteiger partial charge in [0.05, 0.1) is 29.1 Å². The predicted molar refractivity (Wildman–Crippen MR) is 126 cm³/mol. The molecule has 0 spiro atoms. The summed E-state index contributed by atoms with van der Waals surface area (Å²) in [5.41, 5.74) is 8.08. The number of H-pyrrole nitrogens is 1. The molecule has 0 saturated carbocycles. The fourth-order valence-corrected chi connectivity index (χ4v) is 4.88. The summed E-state index contributed by atoms with van der Waals surface area (Å²) >= 11 is 0. The number of anilines is 1. The molecule has 0 fully saturated rings. The predicted octanol–water partition coefficient (Wildman–Crippen LogP) is 5.52. The van der Waals surface area contributed by atoms with Gasteiger partial charge in [0.25, 0.3) is 0 Å². The van der Waals surface area contributed by atoms with Gasteiger partial charge >= 0.3 is 0 Å². The molecule has 4 heterocycles. The molecule has 31 heavy (non-hydrogen) atoms. The maximum absolute atomic E-state index is 5.19. The van der Waals surface area contributed by atoms with Gasteiger partial charge in [-0.15, -0.1) is 0 Å². The van der Waals surface area contributed by atoms with E-state index in [1.807, 2.05) is 12.4 Å². The number of hydrogen-bond donors (Lipinski definition) is 2. The number of nitrogens with one attached hydrogen (secondary N) is 2. The van der Waals surface area contributed by atoms with Crippen molar-refractivity contribution in [3.63, 3.8) is 0 Å². The first-order valence-electron chi connectivity index (χ1n) is 11.0. The molecule has 1 aliphatic rings. The van der Waals surface area contributed by atoms with E-state index in [0.29, 0.717) is 0 Å². The van der Waals surface area contributed by atoms with E-state index in [4.69, 9.17) is 4.98 Å². The highest BCUT2D eigenvalue weighted by atomic mass is 15.1. The average molecular weight is 411 g/mol. The number of benzene rings is 1. The molecule has 6 heteroatoms. The minimum atomic E-state index is -0.0394. The van der Waals surface area contributed by atoms with E-state index in [9.17, 15) is 0 Å². The standard InChI is InChI=1S/C25H26N6/c1-25(2,3)29-22-13-26-21-11-8-15(14-31(21)22)24-17-7-5-4-6-16(17)23-18-12-27-30-19(18)9-10-20(23)28-24/h8-14,29H,4-7H2,1-3H3,(H,27,30). The molecule has 0 amide bonds. The molecule has 0 bridgehead atoms. The quantitative estimate of drug-likeness (QED) is 0.402. The highest BCUT2D eigenvalue weighted by molar-refractivity contribution is 6.07. The molecule has 1 aliphatic carbocycles. The van der Waals surface area contributed by atoms with Crippen LogP contribution in [-0.2, 0) is 12.8 Å². The minimum absolute atomic E-state index is 0.0394. The van der Waals surface area contributed by atoms with E-state index in [1.54, 1.807) is 0 Å². The smallest absolute Gasteiger partial charge is 0.138 e. The summed E-state index contributed by atoms with van der Waals surface area (Å²) in [5, 5.41) is 13.4. The van der Waals surface area contributed by atoms with Crippen molar-refractivity contribution in [2.45, 2.75) is 52.0 Å². The van der Waals surface area contributed by atoms with Crippen molar-refractivity contribution in [2.75, 3.05) is 5.32 Å². The molecule has 4 aromatic heterocycles. The highest BCUT2D eigenvalue weighted by Gasteiger charge is 2.22. The zero-order valence-corrected chi connectivity index (χ0v) is 18.2. The van der Waals surface area contributed by atoms with E-state index in [-0.39, 0.29) is 5.54 Å². The molecule has 1 aromatic carbocycles. The van der Waals surface area contributed by atoms with Crippen molar-refractivity contribution in [2.24, 2.45) is 0 Å². The number of fused-ring (bicyclic) bond motifs is 6. The van der Waals surface area contributed by atoms with Gasteiger partial charge in [-0.25, -0.2) is 9.97 Å². The SMILES string of the molecule is CC(C)(C)Nc1cnc2ccc(-c3nc4ccc5[nH]ncc5c4c4c3CCCC4)cn12. The van der Waals surface area contributed by atoms with Crippen LogP contribution in [0.15, 0.2) is 42.9 Å². The van der Waals surface area contributed by atoms with Gasteiger partial charge in [0, 0.05) is 28.1 Å². The van der Waals surface area contributed by atoms with E-state index in [1.165, 1.54) is 34.7 Å². The van der Waals surface area contributed by atoms with E-state index in [2.05, 4.69) is 76.1 Å². The number of aryl methyl sites for hydroxylation is 1. The molecule has 6 nitrogen and oxygen atoms in total. The summed E-state index contributed by atoms with van der Waals surface area (Å²) in [5.74, 6) is 0.999. The zero-order valence-electron chi connectivity index (χ0n) is 18.2. The van der Waals surface area contributed by atoms with E-state index < -0.39 is 0 Å². The van der Waals surface area contributed by atoms with Crippen molar-refractivity contribution >= 4 is 33.3 Å². The van der Waals surface area contributed by atoms with Crippen LogP contribution in [0, 0.1) is 0 Å². The molecule has 6 rings (SSSR count). The number of aromatic amines is 1. The van der Waals surface area contributed by atoms with Gasteiger partial charge in [-0.2, -0.15) is 5.10 Å². The van der Waals surface area contributed by atoms with Crippen LogP contribution >= 0.6 is 0 Å². The van der Waals surface area contributed by atoms with Crippen LogP contribution in [0.4, 0.5) is 5.82 Å². The second kappa shape index (κ2) is 6.54. The molecule has 5 aromatic rings. The Labute approximate surface area is 180 Å². The normalized spacial score (nSPS) is 14.4. The van der Waals surface area contributed by atoms with Crippen molar-refractivity contribution in [1.82, 2.24) is 24.6 Å². The lowest BCUT2D eigenvalue weighted by Gasteiger charge is -2.23. The lowest BCUT2D eigenvalue weighted by Crippen LogP contribution is -2.26. The average Bonchev–Trinajstić information content (AvgIpc) is 3.38. The summed E-state index contributed by atoms with van der Waals surface area (Å²) in [6.07, 6.45) is 10.6. The summed E-state index contributed by atoms with van der Waals surface area (Å²) in [6, 6.07) is 8.45. The Balaban J connectivity index is 1.60. The number of aromatic nitrogens is 5. The monoisotopic (exact) mass is 410 g/mol. The number of rotatable bonds is 2. The van der Waals surface area contributed by atoms with Crippen molar-refractivity contribution in [3.8, 4) is 11.3 Å². The maximum atomic E-state index is 5.19. The van der Waals surface area contributed by atoms with Crippen LogP contribution in [0.1, 0.15) is 44.7 Å². The summed E-state index contributed by atoms with van der Waals surface area (Å²) in [7, 11) is 0. The highest BCUT2D eigenvalue weighted by Crippen LogP contribution is 2.38. The van der Waals surface area contributed by atoms with Crippen molar-refractivity contribution in [3.05, 3.63) is 54.0 Å². The summed E-state index contributed by atoms with van der Waals surface area (Å²) in [4.78, 5) is 9.76. The first kappa shape index (κ1) is 18.4. The molecule has 0 aliphatic heterocycles. The van der Waals surface area contributed by atoms with Gasteiger partial charge in [0.1, 0.15) is 11.5 Å². The summed E-state index contributed by atoms with van der Waals surface area (Å²) < 4.78 is 2.14. The van der Waals surface area contributed by atoms with Gasteiger partial charge in [-0.3, -0.25) is 9.50 Å². The molecular formula is C25H26N6. The maximum Gasteiger partial charge on any atom is 0.138 e. The fourth-order valence-electron chi connectivity index (χ4n) is 4.88. The Bertz CT molecular complexity index is 1450.